The van der Waals surface area contributed by atoms with E-state index in [1.807, 2.05) is 0 Å². The molecule has 0 saturated heterocycles. The summed E-state index contributed by atoms with van der Waals surface area (Å²) in [5.41, 5.74) is 2.10. The quantitative estimate of drug-likeness (QED) is 0.806. The standard InChI is InChI=1S/C12H12Cl2N4S2/c1-5(2)8-4-15-12(19-8)16-9-6(13)3-7(14)10-11(9)18-20-17-10/h3,5,8H,4H2,1-2H3,(H,15,16). The van der Waals surface area contributed by atoms with Crippen molar-refractivity contribution >= 4 is 68.5 Å². The topological polar surface area (TPSA) is 49.1 Å². The Hall–Kier alpha value is -0.560. The minimum atomic E-state index is 0.507. The molecule has 3 rings (SSSR count). The van der Waals surface area contributed by atoms with Crippen molar-refractivity contribution in [3.63, 3.8) is 0 Å². The van der Waals surface area contributed by atoms with Crippen LogP contribution in [0, 0.1) is 5.92 Å². The molecule has 0 saturated carbocycles. The minimum absolute atomic E-state index is 0.507. The first-order valence-electron chi connectivity index (χ1n) is 6.14. The van der Waals surface area contributed by atoms with E-state index in [9.17, 15) is 0 Å². The first-order chi connectivity index (χ1) is 9.56. The molecule has 1 aromatic rings. The Balaban J connectivity index is 1.87. The molecule has 8 heteroatoms. The molecule has 0 bridgehead atoms. The molecule has 0 radical (unpaired) electrons. The molecule has 106 valence electrons. The number of nitrogens with zero attached hydrogens (tertiary/aromatic N) is 3. The third-order valence-corrected chi connectivity index (χ3v) is 5.66. The van der Waals surface area contributed by atoms with Gasteiger partial charge in [0, 0.05) is 5.25 Å². The van der Waals surface area contributed by atoms with Crippen molar-refractivity contribution in [1.82, 2.24) is 0 Å². The molecule has 1 atom stereocenters. The Morgan fingerprint density at radius 2 is 2.00 bits per heavy atom. The molecular weight excluding hydrogens is 335 g/mol. The highest BCUT2D eigenvalue weighted by Crippen LogP contribution is 2.48. The molecular formula is C12H12Cl2N4S2. The Bertz CT molecular complexity index is 666. The summed E-state index contributed by atoms with van der Waals surface area (Å²) in [5, 5.41) is 5.71. The Kier molecular flexibility index (Phi) is 4.08. The van der Waals surface area contributed by atoms with E-state index < -0.39 is 0 Å². The highest BCUT2D eigenvalue weighted by molar-refractivity contribution is 8.15. The molecule has 2 aliphatic rings. The minimum Gasteiger partial charge on any atom is -0.332 e. The zero-order valence-corrected chi connectivity index (χ0v) is 14.0. The molecule has 2 aliphatic heterocycles. The fourth-order valence-corrected chi connectivity index (χ4v) is 4.08. The molecule has 0 spiro atoms. The summed E-state index contributed by atoms with van der Waals surface area (Å²) in [6.07, 6.45) is 0. The van der Waals surface area contributed by atoms with E-state index in [2.05, 4.69) is 32.9 Å². The Morgan fingerprint density at radius 1 is 1.25 bits per heavy atom. The van der Waals surface area contributed by atoms with Crippen molar-refractivity contribution in [2.24, 2.45) is 19.6 Å². The molecule has 1 unspecified atom stereocenters. The van der Waals surface area contributed by atoms with E-state index in [1.165, 1.54) is 0 Å². The molecule has 2 heterocycles. The number of halogens is 2. The van der Waals surface area contributed by atoms with Gasteiger partial charge in [0.25, 0.3) is 0 Å². The summed E-state index contributed by atoms with van der Waals surface area (Å²) >= 11 is 15.2. The van der Waals surface area contributed by atoms with E-state index in [-0.39, 0.29) is 0 Å². The SMILES string of the molecule is CC(C)C1CN=C(Nc2c(Cl)cc(Cl)c3c2N=S=N3)S1. The average Bonchev–Trinajstić information content (AvgIpc) is 3.03. The summed E-state index contributed by atoms with van der Waals surface area (Å²) in [7, 11) is 0. The van der Waals surface area contributed by atoms with Gasteiger partial charge in [-0.3, -0.25) is 4.99 Å². The van der Waals surface area contributed by atoms with Crippen molar-refractivity contribution in [3.05, 3.63) is 16.1 Å². The predicted molar refractivity (Wildman–Crippen MR) is 90.1 cm³/mol. The van der Waals surface area contributed by atoms with Gasteiger partial charge < -0.3 is 5.32 Å². The van der Waals surface area contributed by atoms with Crippen LogP contribution in [0.1, 0.15) is 13.8 Å². The van der Waals surface area contributed by atoms with Crippen LogP contribution in [0.15, 0.2) is 19.8 Å². The number of thioether (sulfide) groups is 1. The van der Waals surface area contributed by atoms with Gasteiger partial charge in [-0.15, -0.1) is 0 Å². The second-order valence-electron chi connectivity index (χ2n) is 4.85. The van der Waals surface area contributed by atoms with Crippen molar-refractivity contribution < 1.29 is 0 Å². The van der Waals surface area contributed by atoms with Gasteiger partial charge in [-0.2, -0.15) is 8.73 Å². The number of anilines is 1. The third-order valence-electron chi connectivity index (χ3n) is 3.10. The van der Waals surface area contributed by atoms with Gasteiger partial charge in [0.1, 0.15) is 11.4 Å². The molecule has 0 amide bonds. The maximum absolute atomic E-state index is 6.27. The van der Waals surface area contributed by atoms with Crippen LogP contribution < -0.4 is 5.32 Å². The Morgan fingerprint density at radius 3 is 2.70 bits per heavy atom. The monoisotopic (exact) mass is 346 g/mol. The lowest BCUT2D eigenvalue weighted by atomic mass is 10.1. The zero-order chi connectivity index (χ0) is 14.3. The second-order valence-corrected chi connectivity index (χ2v) is 7.42. The van der Waals surface area contributed by atoms with Gasteiger partial charge in [0.2, 0.25) is 0 Å². The largest absolute Gasteiger partial charge is 0.332 e. The van der Waals surface area contributed by atoms with Crippen LogP contribution in [0.4, 0.5) is 17.1 Å². The van der Waals surface area contributed by atoms with Crippen LogP contribution >= 0.6 is 35.0 Å². The van der Waals surface area contributed by atoms with E-state index >= 15 is 0 Å². The average molecular weight is 347 g/mol. The van der Waals surface area contributed by atoms with Crippen molar-refractivity contribution in [3.8, 4) is 0 Å². The second kappa shape index (κ2) is 5.67. The number of benzene rings is 1. The number of fused-ring (bicyclic) bond motifs is 1. The number of rotatable bonds is 2. The van der Waals surface area contributed by atoms with E-state index in [0.29, 0.717) is 32.6 Å². The van der Waals surface area contributed by atoms with Crippen LogP contribution in [0.3, 0.4) is 0 Å². The van der Waals surface area contributed by atoms with Gasteiger partial charge >= 0.3 is 0 Å². The summed E-state index contributed by atoms with van der Waals surface area (Å²) in [4.78, 5) is 4.52. The van der Waals surface area contributed by atoms with Crippen LogP contribution in [0.5, 0.6) is 0 Å². The van der Waals surface area contributed by atoms with Gasteiger partial charge in [-0.25, -0.2) is 0 Å². The normalized spacial score (nSPS) is 20.1. The molecule has 0 fully saturated rings. The molecule has 4 nitrogen and oxygen atoms in total. The fraction of sp³-hybridized carbons (Fsp3) is 0.417. The van der Waals surface area contributed by atoms with Crippen LogP contribution in [0.2, 0.25) is 10.0 Å². The molecule has 1 aromatic carbocycles. The predicted octanol–water partition coefficient (Wildman–Crippen LogP) is 5.26. The third kappa shape index (κ3) is 2.62. The summed E-state index contributed by atoms with van der Waals surface area (Å²) < 4.78 is 8.46. The number of hydrogen-bond acceptors (Lipinski definition) is 5. The van der Waals surface area contributed by atoms with Crippen molar-refractivity contribution in [2.45, 2.75) is 19.1 Å². The lowest BCUT2D eigenvalue weighted by Gasteiger charge is -2.14. The smallest absolute Gasteiger partial charge is 0.161 e. The number of nitrogens with one attached hydrogen (secondary N) is 1. The maximum atomic E-state index is 6.27. The fourth-order valence-electron chi connectivity index (χ4n) is 1.91. The van der Waals surface area contributed by atoms with Crippen molar-refractivity contribution in [2.75, 3.05) is 11.9 Å². The van der Waals surface area contributed by atoms with Crippen molar-refractivity contribution in [1.29, 1.82) is 0 Å². The highest BCUT2D eigenvalue weighted by Gasteiger charge is 2.25. The molecule has 20 heavy (non-hydrogen) atoms. The van der Waals surface area contributed by atoms with Crippen LogP contribution in [0.25, 0.3) is 0 Å². The van der Waals surface area contributed by atoms with E-state index in [1.54, 1.807) is 17.8 Å². The zero-order valence-electron chi connectivity index (χ0n) is 10.9. The Labute approximate surface area is 135 Å². The maximum Gasteiger partial charge on any atom is 0.161 e. The van der Waals surface area contributed by atoms with Gasteiger partial charge in [-0.05, 0) is 12.0 Å². The first-order valence-corrected chi connectivity index (χ1v) is 8.51. The summed E-state index contributed by atoms with van der Waals surface area (Å²) in [6, 6.07) is 1.69. The van der Waals surface area contributed by atoms with Gasteiger partial charge in [-0.1, -0.05) is 48.8 Å². The van der Waals surface area contributed by atoms with E-state index in [4.69, 9.17) is 23.2 Å². The number of aliphatic imine (C=N–C) groups is 1. The lowest BCUT2D eigenvalue weighted by Crippen LogP contribution is -2.13. The van der Waals surface area contributed by atoms with Gasteiger partial charge in [0.15, 0.2) is 5.17 Å². The highest BCUT2D eigenvalue weighted by atomic mass is 35.5. The van der Waals surface area contributed by atoms with Crippen LogP contribution in [-0.2, 0) is 11.4 Å². The van der Waals surface area contributed by atoms with E-state index in [0.717, 1.165) is 28.8 Å². The molecule has 1 N–H and O–H groups in total. The molecule has 0 aliphatic carbocycles. The number of amidine groups is 1. The first kappa shape index (κ1) is 14.4. The molecule has 0 aromatic heterocycles. The number of hydrogen-bond donors (Lipinski definition) is 1. The summed E-state index contributed by atoms with van der Waals surface area (Å²) in [6.45, 7) is 5.23. The lowest BCUT2D eigenvalue weighted by molar-refractivity contribution is 0.621. The van der Waals surface area contributed by atoms with Gasteiger partial charge in [0.05, 0.1) is 33.6 Å². The van der Waals surface area contributed by atoms with Crippen LogP contribution in [-0.4, -0.2) is 17.0 Å². The summed E-state index contributed by atoms with van der Waals surface area (Å²) in [5.74, 6) is 0.588.